The smallest absolute Gasteiger partial charge is 0.350 e. The van der Waals surface area contributed by atoms with E-state index in [-0.39, 0.29) is 6.54 Å². The monoisotopic (exact) mass is 228 g/mol. The Morgan fingerprint density at radius 1 is 1.27 bits per heavy atom. The van der Waals surface area contributed by atoms with Gasteiger partial charge in [0.15, 0.2) is 6.61 Å². The van der Waals surface area contributed by atoms with Crippen LogP contribution >= 0.6 is 0 Å². The summed E-state index contributed by atoms with van der Waals surface area (Å²) in [6.45, 7) is 3.56. The van der Waals surface area contributed by atoms with E-state index in [2.05, 4.69) is 10.2 Å². The minimum atomic E-state index is -4.40. The summed E-state index contributed by atoms with van der Waals surface area (Å²) in [5, 5.41) is 2.55. The molecule has 0 atom stereocenters. The molecule has 0 saturated carbocycles. The van der Waals surface area contributed by atoms with Gasteiger partial charge in [0.1, 0.15) is 0 Å². The fourth-order valence-corrected chi connectivity index (χ4v) is 0.712. The van der Waals surface area contributed by atoms with Crippen LogP contribution in [0, 0.1) is 0 Å². The Hall–Kier alpha value is -0.820. The highest BCUT2D eigenvalue weighted by Gasteiger charge is 2.27. The van der Waals surface area contributed by atoms with Crippen molar-refractivity contribution in [3.63, 3.8) is 0 Å². The van der Waals surface area contributed by atoms with Gasteiger partial charge in [0, 0.05) is 5.54 Å². The molecule has 90 valence electrons. The molecule has 2 N–H and O–H groups in total. The van der Waals surface area contributed by atoms with Crippen LogP contribution < -0.4 is 10.8 Å². The molecule has 0 saturated heterocycles. The summed E-state index contributed by atoms with van der Waals surface area (Å²) >= 11 is 0. The van der Waals surface area contributed by atoms with E-state index in [9.17, 15) is 18.0 Å². The predicted molar refractivity (Wildman–Crippen MR) is 47.9 cm³/mol. The summed E-state index contributed by atoms with van der Waals surface area (Å²) in [6.07, 6.45) is -4.40. The molecule has 15 heavy (non-hydrogen) atoms. The molecule has 0 fully saturated rings. The van der Waals surface area contributed by atoms with Crippen LogP contribution in [0.5, 0.6) is 0 Å². The van der Waals surface area contributed by atoms with Crippen LogP contribution in [0.15, 0.2) is 0 Å². The van der Waals surface area contributed by atoms with Gasteiger partial charge in [-0.25, -0.2) is 0 Å². The first-order chi connectivity index (χ1) is 6.60. The number of amides is 1. The van der Waals surface area contributed by atoms with Crippen molar-refractivity contribution in [1.29, 1.82) is 0 Å². The largest absolute Gasteiger partial charge is 0.413 e. The molecule has 0 aliphatic carbocycles. The van der Waals surface area contributed by atoms with Crippen LogP contribution in [0.25, 0.3) is 0 Å². The third-order valence-corrected chi connectivity index (χ3v) is 1.09. The maximum atomic E-state index is 11.6. The molecule has 0 aliphatic rings. The average Bonchev–Trinajstić information content (AvgIpc) is 1.92. The Bertz CT molecular complexity index is 211. The predicted octanol–water partition coefficient (Wildman–Crippen LogP) is 0.985. The molecule has 0 unspecified atom stereocenters. The lowest BCUT2D eigenvalue weighted by Crippen LogP contribution is -2.45. The van der Waals surface area contributed by atoms with Crippen molar-refractivity contribution < 1.29 is 22.8 Å². The first-order valence-electron chi connectivity index (χ1n) is 4.32. The third-order valence-electron chi connectivity index (χ3n) is 1.09. The second-order valence-corrected chi connectivity index (χ2v) is 4.02. The highest BCUT2D eigenvalue weighted by atomic mass is 19.4. The summed E-state index contributed by atoms with van der Waals surface area (Å²) in [7, 11) is 0. The Morgan fingerprint density at radius 3 is 2.20 bits per heavy atom. The fraction of sp³-hybridized carbons (Fsp3) is 0.875. The first kappa shape index (κ1) is 14.2. The van der Waals surface area contributed by atoms with Crippen molar-refractivity contribution in [3.05, 3.63) is 0 Å². The number of halogens is 3. The normalized spacial score (nSPS) is 12.7. The van der Waals surface area contributed by atoms with Gasteiger partial charge in [0.2, 0.25) is 5.91 Å². The van der Waals surface area contributed by atoms with Crippen molar-refractivity contribution in [2.24, 2.45) is 0 Å². The van der Waals surface area contributed by atoms with Gasteiger partial charge >= 0.3 is 6.18 Å². The quantitative estimate of drug-likeness (QED) is 0.557. The van der Waals surface area contributed by atoms with Gasteiger partial charge in [-0.3, -0.25) is 9.63 Å². The van der Waals surface area contributed by atoms with Crippen LogP contribution in [0.2, 0.25) is 0 Å². The van der Waals surface area contributed by atoms with Gasteiger partial charge in [0.25, 0.3) is 0 Å². The van der Waals surface area contributed by atoms with Gasteiger partial charge in [0.05, 0.1) is 6.54 Å². The number of hydrogen-bond donors (Lipinski definition) is 2. The van der Waals surface area contributed by atoms with Crippen LogP contribution in [-0.2, 0) is 9.63 Å². The van der Waals surface area contributed by atoms with E-state index in [1.54, 1.807) is 20.8 Å². The molecule has 0 aromatic heterocycles. The van der Waals surface area contributed by atoms with Crippen LogP contribution in [0.4, 0.5) is 13.2 Å². The van der Waals surface area contributed by atoms with Crippen molar-refractivity contribution >= 4 is 5.91 Å². The highest BCUT2D eigenvalue weighted by molar-refractivity contribution is 5.78. The van der Waals surface area contributed by atoms with Gasteiger partial charge < -0.3 is 5.32 Å². The molecular weight excluding hydrogens is 213 g/mol. The van der Waals surface area contributed by atoms with E-state index >= 15 is 0 Å². The Labute approximate surface area is 86.1 Å². The maximum Gasteiger partial charge on any atom is 0.413 e. The van der Waals surface area contributed by atoms with Crippen molar-refractivity contribution in [2.75, 3.05) is 13.2 Å². The van der Waals surface area contributed by atoms with Crippen molar-refractivity contribution in [2.45, 2.75) is 32.5 Å². The number of nitrogens with one attached hydrogen (secondary N) is 2. The summed E-state index contributed by atoms with van der Waals surface area (Å²) in [4.78, 5) is 15.1. The number of carbonyl (C=O) groups excluding carboxylic acids is 1. The second kappa shape index (κ2) is 5.32. The minimum Gasteiger partial charge on any atom is -0.350 e. The lowest BCUT2D eigenvalue weighted by molar-refractivity contribution is -0.189. The zero-order valence-electron chi connectivity index (χ0n) is 8.86. The summed E-state index contributed by atoms with van der Waals surface area (Å²) in [5.41, 5.74) is 1.52. The number of rotatable bonds is 4. The molecule has 0 spiro atoms. The van der Waals surface area contributed by atoms with E-state index in [4.69, 9.17) is 0 Å². The lowest BCUT2D eigenvalue weighted by atomic mass is 10.1. The van der Waals surface area contributed by atoms with E-state index in [1.165, 1.54) is 0 Å². The summed E-state index contributed by atoms with van der Waals surface area (Å²) in [6, 6.07) is 0. The SMILES string of the molecule is CC(C)(C)NC(=O)CNOCC(F)(F)F. The van der Waals surface area contributed by atoms with E-state index in [0.29, 0.717) is 0 Å². The van der Waals surface area contributed by atoms with Gasteiger partial charge in [-0.15, -0.1) is 0 Å². The Balaban J connectivity index is 3.57. The van der Waals surface area contributed by atoms with E-state index in [0.717, 1.165) is 0 Å². The third kappa shape index (κ3) is 11.1. The zero-order chi connectivity index (χ0) is 12.1. The molecule has 0 aliphatic heterocycles. The van der Waals surface area contributed by atoms with Crippen LogP contribution in [0.3, 0.4) is 0 Å². The number of hydroxylamine groups is 1. The van der Waals surface area contributed by atoms with Crippen molar-refractivity contribution in [1.82, 2.24) is 10.8 Å². The summed E-state index contributed by atoms with van der Waals surface area (Å²) < 4.78 is 34.8. The Morgan fingerprint density at radius 2 is 1.80 bits per heavy atom. The number of alkyl halides is 3. The topological polar surface area (TPSA) is 50.4 Å². The Kier molecular flexibility index (Phi) is 5.02. The van der Waals surface area contributed by atoms with E-state index < -0.39 is 24.2 Å². The molecule has 0 radical (unpaired) electrons. The zero-order valence-corrected chi connectivity index (χ0v) is 8.86. The maximum absolute atomic E-state index is 11.6. The highest BCUT2D eigenvalue weighted by Crippen LogP contribution is 2.13. The second-order valence-electron chi connectivity index (χ2n) is 4.02. The number of carbonyl (C=O) groups is 1. The van der Waals surface area contributed by atoms with Gasteiger partial charge in [-0.05, 0) is 20.8 Å². The fourth-order valence-electron chi connectivity index (χ4n) is 0.712. The first-order valence-corrected chi connectivity index (χ1v) is 4.32. The standard InChI is InChI=1S/C8H15F3N2O2/c1-7(2,3)13-6(14)4-12-15-5-8(9,10)11/h12H,4-5H2,1-3H3,(H,13,14). The number of hydrogen-bond acceptors (Lipinski definition) is 3. The van der Waals surface area contributed by atoms with Crippen LogP contribution in [0.1, 0.15) is 20.8 Å². The molecule has 4 nitrogen and oxygen atoms in total. The van der Waals surface area contributed by atoms with E-state index in [1.807, 2.05) is 5.48 Å². The summed E-state index contributed by atoms with van der Waals surface area (Å²) in [5.74, 6) is -0.426. The molecule has 0 heterocycles. The van der Waals surface area contributed by atoms with Gasteiger partial charge in [-0.1, -0.05) is 0 Å². The van der Waals surface area contributed by atoms with Crippen LogP contribution in [-0.4, -0.2) is 30.8 Å². The molecule has 0 aromatic rings. The minimum absolute atomic E-state index is 0.312. The van der Waals surface area contributed by atoms with Crippen molar-refractivity contribution in [3.8, 4) is 0 Å². The van der Waals surface area contributed by atoms with Gasteiger partial charge in [-0.2, -0.15) is 18.7 Å². The molecule has 0 aromatic carbocycles. The average molecular weight is 228 g/mol. The molecule has 0 rings (SSSR count). The molecule has 1 amide bonds. The molecule has 0 bridgehead atoms. The molecule has 7 heteroatoms. The lowest BCUT2D eigenvalue weighted by Gasteiger charge is -2.20. The molecular formula is C8H15F3N2O2.